The molecule has 0 spiro atoms. The molecule has 1 amide bonds. The van der Waals surface area contributed by atoms with Crippen molar-refractivity contribution in [2.24, 2.45) is 5.10 Å². The molecule has 7 heteroatoms. The van der Waals surface area contributed by atoms with E-state index in [0.29, 0.717) is 22.8 Å². The molecule has 2 aromatic carbocycles. The lowest BCUT2D eigenvalue weighted by Gasteiger charge is -2.05. The topological polar surface area (TPSA) is 81.6 Å². The van der Waals surface area contributed by atoms with Crippen molar-refractivity contribution < 1.29 is 13.9 Å². The zero-order valence-corrected chi connectivity index (χ0v) is 17.1. The molecule has 4 aromatic rings. The van der Waals surface area contributed by atoms with E-state index >= 15 is 0 Å². The first-order chi connectivity index (χ1) is 15.2. The highest BCUT2D eigenvalue weighted by atomic mass is 16.5. The Bertz CT molecular complexity index is 1150. The van der Waals surface area contributed by atoms with Crippen molar-refractivity contribution in [3.8, 4) is 22.9 Å². The third-order valence-electron chi connectivity index (χ3n) is 4.61. The highest BCUT2D eigenvalue weighted by molar-refractivity contribution is 5.88. The number of ether oxygens (including phenoxy) is 1. The second kappa shape index (κ2) is 9.58. The van der Waals surface area contributed by atoms with Crippen molar-refractivity contribution in [1.82, 2.24) is 15.2 Å². The Labute approximate surface area is 180 Å². The first-order valence-corrected chi connectivity index (χ1v) is 9.95. The molecule has 0 unspecified atom stereocenters. The molecule has 0 aliphatic carbocycles. The van der Waals surface area contributed by atoms with E-state index in [0.717, 1.165) is 12.1 Å². The van der Waals surface area contributed by atoms with E-state index in [4.69, 9.17) is 9.15 Å². The molecule has 0 saturated heterocycles. The lowest BCUT2D eigenvalue weighted by atomic mass is 10.2. The van der Waals surface area contributed by atoms with Crippen LogP contribution >= 0.6 is 0 Å². The number of hydrazone groups is 1. The number of rotatable bonds is 8. The predicted octanol–water partition coefficient (Wildman–Crippen LogP) is 4.22. The minimum absolute atomic E-state index is 0.128. The summed E-state index contributed by atoms with van der Waals surface area (Å²) in [5.74, 6) is 0.896. The summed E-state index contributed by atoms with van der Waals surface area (Å²) in [4.78, 5) is 12.1. The molecule has 156 valence electrons. The number of nitrogens with one attached hydrogen (secondary N) is 1. The number of carbonyl (C=O) groups excluding carboxylic acids is 1. The predicted molar refractivity (Wildman–Crippen MR) is 118 cm³/mol. The molecule has 7 nitrogen and oxygen atoms in total. The number of benzene rings is 2. The van der Waals surface area contributed by atoms with Gasteiger partial charge in [-0.05, 0) is 48.4 Å². The number of carbonyl (C=O) groups is 1. The van der Waals surface area contributed by atoms with Crippen molar-refractivity contribution >= 4 is 12.1 Å². The third-order valence-corrected chi connectivity index (χ3v) is 4.61. The van der Waals surface area contributed by atoms with Gasteiger partial charge in [-0.3, -0.25) is 4.79 Å². The zero-order chi connectivity index (χ0) is 21.5. The van der Waals surface area contributed by atoms with E-state index < -0.39 is 0 Å². The largest absolute Gasteiger partial charge is 0.484 e. The summed E-state index contributed by atoms with van der Waals surface area (Å²) >= 11 is 0. The van der Waals surface area contributed by atoms with Gasteiger partial charge in [0, 0.05) is 11.8 Å². The fourth-order valence-corrected chi connectivity index (χ4v) is 2.98. The fourth-order valence-electron chi connectivity index (χ4n) is 2.98. The average Bonchev–Trinajstić information content (AvgIpc) is 3.49. The van der Waals surface area contributed by atoms with Crippen molar-refractivity contribution in [2.45, 2.75) is 13.3 Å². The molecule has 0 saturated carbocycles. The van der Waals surface area contributed by atoms with E-state index in [-0.39, 0.29) is 12.5 Å². The van der Waals surface area contributed by atoms with E-state index in [2.05, 4.69) is 22.5 Å². The first kappa shape index (κ1) is 20.2. The van der Waals surface area contributed by atoms with Crippen LogP contribution in [0, 0.1) is 0 Å². The molecule has 0 bridgehead atoms. The Morgan fingerprint density at radius 3 is 2.65 bits per heavy atom. The van der Waals surface area contributed by atoms with Gasteiger partial charge in [0.05, 0.1) is 18.2 Å². The fraction of sp³-hybridized carbons (Fsp3) is 0.125. The van der Waals surface area contributed by atoms with Gasteiger partial charge in [0.25, 0.3) is 5.91 Å². The van der Waals surface area contributed by atoms with Gasteiger partial charge in [-0.15, -0.1) is 0 Å². The second-order valence-electron chi connectivity index (χ2n) is 6.77. The molecule has 0 atom stereocenters. The SMILES string of the molecule is CCc1ccc(OCC(=O)N/N=C\c2cn(-c3ccccc3)nc2-c2ccco2)cc1. The number of hydrogen-bond acceptors (Lipinski definition) is 5. The molecule has 31 heavy (non-hydrogen) atoms. The minimum Gasteiger partial charge on any atom is -0.484 e. The second-order valence-corrected chi connectivity index (χ2v) is 6.77. The highest BCUT2D eigenvalue weighted by Gasteiger charge is 2.13. The smallest absolute Gasteiger partial charge is 0.277 e. The van der Waals surface area contributed by atoms with Gasteiger partial charge in [0.2, 0.25) is 0 Å². The summed E-state index contributed by atoms with van der Waals surface area (Å²) in [6, 6.07) is 21.0. The third kappa shape index (κ3) is 5.08. The van der Waals surface area contributed by atoms with Gasteiger partial charge >= 0.3 is 0 Å². The van der Waals surface area contributed by atoms with Crippen molar-refractivity contribution in [3.05, 3.63) is 90.3 Å². The van der Waals surface area contributed by atoms with E-state index in [1.807, 2.05) is 66.9 Å². The number of hydrogen-bond donors (Lipinski definition) is 1. The van der Waals surface area contributed by atoms with Gasteiger partial charge in [-0.1, -0.05) is 37.3 Å². The summed E-state index contributed by atoms with van der Waals surface area (Å²) in [5, 5.41) is 8.66. The molecule has 2 aromatic heterocycles. The zero-order valence-electron chi connectivity index (χ0n) is 17.1. The number of nitrogens with zero attached hydrogens (tertiary/aromatic N) is 3. The van der Waals surface area contributed by atoms with Crippen LogP contribution in [0.3, 0.4) is 0 Å². The molecular formula is C24H22N4O3. The van der Waals surface area contributed by atoms with Crippen LogP contribution in [0.2, 0.25) is 0 Å². The van der Waals surface area contributed by atoms with Gasteiger partial charge in [0.15, 0.2) is 12.4 Å². The molecule has 2 heterocycles. The van der Waals surface area contributed by atoms with Gasteiger partial charge in [0.1, 0.15) is 11.4 Å². The normalized spacial score (nSPS) is 11.0. The van der Waals surface area contributed by atoms with Crippen LogP contribution < -0.4 is 10.2 Å². The van der Waals surface area contributed by atoms with Crippen LogP contribution in [0.5, 0.6) is 5.75 Å². The summed E-state index contributed by atoms with van der Waals surface area (Å²) in [6.07, 6.45) is 5.91. The lowest BCUT2D eigenvalue weighted by molar-refractivity contribution is -0.123. The quantitative estimate of drug-likeness (QED) is 0.346. The van der Waals surface area contributed by atoms with Crippen molar-refractivity contribution in [1.29, 1.82) is 0 Å². The molecule has 0 aliphatic heterocycles. The van der Waals surface area contributed by atoms with Crippen molar-refractivity contribution in [3.63, 3.8) is 0 Å². The molecule has 1 N–H and O–H groups in total. The Kier molecular flexibility index (Phi) is 6.23. The molecular weight excluding hydrogens is 392 g/mol. The Hall–Kier alpha value is -4.13. The summed E-state index contributed by atoms with van der Waals surface area (Å²) in [5.41, 5.74) is 5.93. The van der Waals surface area contributed by atoms with E-state index in [1.165, 1.54) is 11.8 Å². The van der Waals surface area contributed by atoms with Crippen LogP contribution in [0.4, 0.5) is 0 Å². The van der Waals surface area contributed by atoms with E-state index in [9.17, 15) is 4.79 Å². The van der Waals surface area contributed by atoms with Crippen LogP contribution in [0.1, 0.15) is 18.1 Å². The van der Waals surface area contributed by atoms with Gasteiger partial charge < -0.3 is 9.15 Å². The Morgan fingerprint density at radius 2 is 1.94 bits per heavy atom. The summed E-state index contributed by atoms with van der Waals surface area (Å²) < 4.78 is 12.7. The van der Waals surface area contributed by atoms with Crippen LogP contribution in [0.15, 0.2) is 88.7 Å². The Balaban J connectivity index is 1.42. The number of aromatic nitrogens is 2. The first-order valence-electron chi connectivity index (χ1n) is 9.95. The molecule has 0 radical (unpaired) electrons. The number of aryl methyl sites for hydroxylation is 1. The van der Waals surface area contributed by atoms with Gasteiger partial charge in [-0.2, -0.15) is 10.2 Å². The minimum atomic E-state index is -0.356. The summed E-state index contributed by atoms with van der Waals surface area (Å²) in [6.45, 7) is 1.96. The number of furan rings is 1. The molecule has 0 aliphatic rings. The highest BCUT2D eigenvalue weighted by Crippen LogP contribution is 2.23. The van der Waals surface area contributed by atoms with Crippen LogP contribution in [-0.4, -0.2) is 28.5 Å². The summed E-state index contributed by atoms with van der Waals surface area (Å²) in [7, 11) is 0. The monoisotopic (exact) mass is 414 g/mol. The van der Waals surface area contributed by atoms with Crippen molar-refractivity contribution in [2.75, 3.05) is 6.61 Å². The maximum atomic E-state index is 12.1. The maximum absolute atomic E-state index is 12.1. The standard InChI is InChI=1S/C24H22N4O3/c1-2-18-10-12-21(13-11-18)31-17-23(29)26-25-15-19-16-28(20-7-4-3-5-8-20)27-24(19)22-9-6-14-30-22/h3-16H,2,17H2,1H3,(H,26,29)/b25-15-. The number of para-hydroxylation sites is 1. The lowest BCUT2D eigenvalue weighted by Crippen LogP contribution is -2.24. The average molecular weight is 414 g/mol. The van der Waals surface area contributed by atoms with Gasteiger partial charge in [-0.25, -0.2) is 10.1 Å². The van der Waals surface area contributed by atoms with Crippen LogP contribution in [-0.2, 0) is 11.2 Å². The van der Waals surface area contributed by atoms with E-state index in [1.54, 1.807) is 17.0 Å². The number of amides is 1. The van der Waals surface area contributed by atoms with Crippen LogP contribution in [0.25, 0.3) is 17.1 Å². The molecule has 0 fully saturated rings. The Morgan fingerprint density at radius 1 is 1.13 bits per heavy atom. The molecule has 4 rings (SSSR count). The maximum Gasteiger partial charge on any atom is 0.277 e.